The Kier molecular flexibility index (Phi) is 9.30. The summed E-state index contributed by atoms with van der Waals surface area (Å²) in [7, 11) is 0. The standard InChI is InChI=1S/C27H27ClN2O6/c1-4-34-27(33)36-22-10-8-20(9-11-22)26(32)29-15-19-6-5-7-21(14-19)30-24(31)16-35-23-12-17(2)25(28)18(3)13-23/h5-14H,4,15-16H2,1-3H3,(H,29,32)(H,30,31). The first-order valence-corrected chi connectivity index (χ1v) is 11.6. The minimum Gasteiger partial charge on any atom is -0.484 e. The van der Waals surface area contributed by atoms with E-state index in [4.69, 9.17) is 25.8 Å². The zero-order valence-electron chi connectivity index (χ0n) is 20.2. The third-order valence-corrected chi connectivity index (χ3v) is 5.62. The predicted octanol–water partition coefficient (Wildman–Crippen LogP) is 5.44. The Hall–Kier alpha value is -4.04. The number of hydrogen-bond donors (Lipinski definition) is 2. The van der Waals surface area contributed by atoms with Crippen molar-refractivity contribution in [2.75, 3.05) is 18.5 Å². The molecule has 8 nitrogen and oxygen atoms in total. The van der Waals surface area contributed by atoms with Crippen LogP contribution >= 0.6 is 11.6 Å². The van der Waals surface area contributed by atoms with Crippen LogP contribution in [-0.4, -0.2) is 31.2 Å². The minimum atomic E-state index is -0.802. The van der Waals surface area contributed by atoms with Crippen molar-refractivity contribution >= 4 is 35.3 Å². The normalized spacial score (nSPS) is 10.3. The summed E-state index contributed by atoms with van der Waals surface area (Å²) in [5, 5.41) is 6.28. The Morgan fingerprint density at radius 1 is 0.917 bits per heavy atom. The van der Waals surface area contributed by atoms with Crippen molar-refractivity contribution in [2.45, 2.75) is 27.3 Å². The summed E-state index contributed by atoms with van der Waals surface area (Å²) in [4.78, 5) is 36.2. The molecule has 0 fully saturated rings. The highest BCUT2D eigenvalue weighted by Gasteiger charge is 2.10. The zero-order valence-corrected chi connectivity index (χ0v) is 21.0. The monoisotopic (exact) mass is 510 g/mol. The van der Waals surface area contributed by atoms with Gasteiger partial charge >= 0.3 is 6.16 Å². The fourth-order valence-electron chi connectivity index (χ4n) is 3.30. The van der Waals surface area contributed by atoms with E-state index in [1.165, 1.54) is 12.1 Å². The molecular formula is C27H27ClN2O6. The molecule has 2 N–H and O–H groups in total. The van der Waals surface area contributed by atoms with E-state index in [9.17, 15) is 14.4 Å². The summed E-state index contributed by atoms with van der Waals surface area (Å²) in [5.74, 6) is 0.237. The second kappa shape index (κ2) is 12.6. The molecule has 0 radical (unpaired) electrons. The van der Waals surface area contributed by atoms with Crippen molar-refractivity contribution < 1.29 is 28.6 Å². The topological polar surface area (TPSA) is 103 Å². The van der Waals surface area contributed by atoms with Gasteiger partial charge < -0.3 is 24.8 Å². The van der Waals surface area contributed by atoms with Gasteiger partial charge in [-0.25, -0.2) is 4.79 Å². The molecule has 0 aliphatic heterocycles. The van der Waals surface area contributed by atoms with Crippen LogP contribution < -0.4 is 20.1 Å². The second-order valence-corrected chi connectivity index (χ2v) is 8.28. The van der Waals surface area contributed by atoms with Crippen LogP contribution in [0.5, 0.6) is 11.5 Å². The van der Waals surface area contributed by atoms with Gasteiger partial charge in [-0.05, 0) is 86.0 Å². The zero-order chi connectivity index (χ0) is 26.1. The molecule has 2 amide bonds. The highest BCUT2D eigenvalue weighted by Crippen LogP contribution is 2.25. The van der Waals surface area contributed by atoms with Crippen LogP contribution in [0.15, 0.2) is 60.7 Å². The van der Waals surface area contributed by atoms with Gasteiger partial charge in [0.2, 0.25) is 0 Å². The number of hydrogen-bond acceptors (Lipinski definition) is 6. The first kappa shape index (κ1) is 26.6. The second-order valence-electron chi connectivity index (χ2n) is 7.90. The van der Waals surface area contributed by atoms with Crippen LogP contribution in [0.4, 0.5) is 10.5 Å². The highest BCUT2D eigenvalue weighted by molar-refractivity contribution is 6.32. The smallest absolute Gasteiger partial charge is 0.484 e. The molecule has 3 aromatic rings. The van der Waals surface area contributed by atoms with Crippen molar-refractivity contribution in [1.29, 1.82) is 0 Å². The molecule has 0 bridgehead atoms. The lowest BCUT2D eigenvalue weighted by Crippen LogP contribution is -2.23. The average molecular weight is 511 g/mol. The van der Waals surface area contributed by atoms with E-state index in [0.717, 1.165) is 16.7 Å². The number of benzene rings is 3. The number of carbonyl (C=O) groups is 3. The Morgan fingerprint density at radius 2 is 1.61 bits per heavy atom. The molecule has 3 rings (SSSR count). The van der Waals surface area contributed by atoms with Crippen molar-refractivity contribution in [3.05, 3.63) is 87.9 Å². The van der Waals surface area contributed by atoms with Crippen molar-refractivity contribution in [3.8, 4) is 11.5 Å². The maximum atomic E-state index is 12.5. The maximum Gasteiger partial charge on any atom is 0.513 e. The third kappa shape index (κ3) is 7.74. The molecule has 0 aromatic heterocycles. The molecule has 0 aliphatic rings. The van der Waals surface area contributed by atoms with E-state index in [-0.39, 0.29) is 37.3 Å². The molecule has 0 saturated heterocycles. The number of anilines is 1. The van der Waals surface area contributed by atoms with Gasteiger partial charge in [-0.1, -0.05) is 23.7 Å². The number of halogens is 1. The van der Waals surface area contributed by atoms with Crippen molar-refractivity contribution in [1.82, 2.24) is 5.32 Å². The molecule has 9 heteroatoms. The van der Waals surface area contributed by atoms with Gasteiger partial charge in [-0.15, -0.1) is 0 Å². The van der Waals surface area contributed by atoms with Gasteiger partial charge in [-0.2, -0.15) is 0 Å². The molecule has 0 unspecified atom stereocenters. The van der Waals surface area contributed by atoms with E-state index in [1.54, 1.807) is 49.4 Å². The Labute approximate surface area is 214 Å². The number of amides is 2. The molecule has 0 saturated carbocycles. The van der Waals surface area contributed by atoms with Gasteiger partial charge in [0.25, 0.3) is 11.8 Å². The molecule has 0 heterocycles. The molecule has 0 atom stereocenters. The highest BCUT2D eigenvalue weighted by atomic mass is 35.5. The first-order valence-electron chi connectivity index (χ1n) is 11.3. The SMILES string of the molecule is CCOC(=O)Oc1ccc(C(=O)NCc2cccc(NC(=O)COc3cc(C)c(Cl)c(C)c3)c2)cc1. The van der Waals surface area contributed by atoms with Crippen molar-refractivity contribution in [2.24, 2.45) is 0 Å². The largest absolute Gasteiger partial charge is 0.513 e. The van der Waals surface area contributed by atoms with Gasteiger partial charge in [0.05, 0.1) is 6.61 Å². The number of nitrogens with one attached hydrogen (secondary N) is 2. The predicted molar refractivity (Wildman–Crippen MR) is 137 cm³/mol. The lowest BCUT2D eigenvalue weighted by atomic mass is 10.1. The Bertz CT molecular complexity index is 1220. The lowest BCUT2D eigenvalue weighted by Gasteiger charge is -2.11. The third-order valence-electron chi connectivity index (χ3n) is 5.02. The lowest BCUT2D eigenvalue weighted by molar-refractivity contribution is -0.118. The van der Waals surface area contributed by atoms with E-state index in [1.807, 2.05) is 19.9 Å². The number of ether oxygens (including phenoxy) is 3. The van der Waals surface area contributed by atoms with Crippen LogP contribution in [-0.2, 0) is 16.1 Å². The Balaban J connectivity index is 1.50. The van der Waals surface area contributed by atoms with Crippen LogP contribution in [0.1, 0.15) is 34.0 Å². The fourth-order valence-corrected chi connectivity index (χ4v) is 3.41. The quantitative estimate of drug-likeness (QED) is 0.293. The molecule has 36 heavy (non-hydrogen) atoms. The van der Waals surface area contributed by atoms with Gasteiger partial charge in [0, 0.05) is 22.8 Å². The van der Waals surface area contributed by atoms with Crippen LogP contribution in [0, 0.1) is 13.8 Å². The summed E-state index contributed by atoms with van der Waals surface area (Å²) in [6.07, 6.45) is -0.802. The summed E-state index contributed by atoms with van der Waals surface area (Å²) in [5.41, 5.74) is 3.54. The number of carbonyl (C=O) groups excluding carboxylic acids is 3. The fraction of sp³-hybridized carbons (Fsp3) is 0.222. The number of aryl methyl sites for hydroxylation is 2. The molecule has 3 aromatic carbocycles. The molecule has 0 aliphatic carbocycles. The summed E-state index contributed by atoms with van der Waals surface area (Å²) in [6.45, 7) is 5.74. The summed E-state index contributed by atoms with van der Waals surface area (Å²) >= 11 is 6.17. The van der Waals surface area contributed by atoms with Gasteiger partial charge in [0.1, 0.15) is 11.5 Å². The minimum absolute atomic E-state index is 0.155. The van der Waals surface area contributed by atoms with Crippen LogP contribution in [0.25, 0.3) is 0 Å². The van der Waals surface area contributed by atoms with E-state index < -0.39 is 6.16 Å². The van der Waals surface area contributed by atoms with Crippen LogP contribution in [0.3, 0.4) is 0 Å². The van der Waals surface area contributed by atoms with Crippen molar-refractivity contribution in [3.63, 3.8) is 0 Å². The maximum absolute atomic E-state index is 12.5. The average Bonchev–Trinajstić information content (AvgIpc) is 2.85. The summed E-state index contributed by atoms with van der Waals surface area (Å²) in [6, 6.07) is 16.8. The van der Waals surface area contributed by atoms with E-state index in [2.05, 4.69) is 10.6 Å². The summed E-state index contributed by atoms with van der Waals surface area (Å²) < 4.78 is 15.3. The molecule has 0 spiro atoms. The molecular weight excluding hydrogens is 484 g/mol. The van der Waals surface area contributed by atoms with Gasteiger partial charge in [0.15, 0.2) is 6.61 Å². The molecule has 188 valence electrons. The first-order chi connectivity index (χ1) is 17.2. The number of rotatable bonds is 9. The van der Waals surface area contributed by atoms with Gasteiger partial charge in [-0.3, -0.25) is 9.59 Å². The van der Waals surface area contributed by atoms with Crippen LogP contribution in [0.2, 0.25) is 5.02 Å². The van der Waals surface area contributed by atoms with E-state index >= 15 is 0 Å². The van der Waals surface area contributed by atoms with E-state index in [0.29, 0.717) is 22.0 Å². The Morgan fingerprint density at radius 3 is 2.28 bits per heavy atom.